The molecule has 1 saturated heterocycles. The Morgan fingerprint density at radius 2 is 2.00 bits per heavy atom. The van der Waals surface area contributed by atoms with E-state index in [1.165, 1.54) is 22.8 Å². The third kappa shape index (κ3) is 4.33. The predicted octanol–water partition coefficient (Wildman–Crippen LogP) is 4.23. The predicted molar refractivity (Wildman–Crippen MR) is 119 cm³/mol. The fourth-order valence-corrected chi connectivity index (χ4v) is 5.16. The standard InChI is InChI=1S/C25H26FN5O2/c1-30-24-11-18(14-28-22(24)15-29-30)8-16-2-4-19(5-3-16)25(32)31-23(6-7-33-31)20-9-17(13-27)10-21(26)12-20/h9-12,14-16,19,23H,2-8H2,1H3/t16-,19-,23-/m0/s1. The molecule has 3 aromatic rings. The first-order valence-corrected chi connectivity index (χ1v) is 11.4. The lowest BCUT2D eigenvalue weighted by Gasteiger charge is -2.32. The van der Waals surface area contributed by atoms with Crippen molar-refractivity contribution in [3.8, 4) is 6.07 Å². The van der Waals surface area contributed by atoms with Gasteiger partial charge in [0.2, 0.25) is 5.91 Å². The van der Waals surface area contributed by atoms with Crippen LogP contribution in [0.1, 0.15) is 54.8 Å². The summed E-state index contributed by atoms with van der Waals surface area (Å²) in [6, 6.07) is 8.03. The highest BCUT2D eigenvalue weighted by Gasteiger charge is 2.37. The van der Waals surface area contributed by atoms with Crippen LogP contribution in [-0.4, -0.2) is 32.3 Å². The molecule has 1 aliphatic carbocycles. The van der Waals surface area contributed by atoms with Gasteiger partial charge in [0.1, 0.15) is 11.3 Å². The van der Waals surface area contributed by atoms with Crippen molar-refractivity contribution in [1.29, 1.82) is 5.26 Å². The maximum atomic E-state index is 14.0. The molecule has 33 heavy (non-hydrogen) atoms. The highest BCUT2D eigenvalue weighted by Crippen LogP contribution is 2.37. The fraction of sp³-hybridized carbons (Fsp3) is 0.440. The van der Waals surface area contributed by atoms with Crippen molar-refractivity contribution < 1.29 is 14.0 Å². The zero-order chi connectivity index (χ0) is 22.9. The molecule has 2 aliphatic rings. The van der Waals surface area contributed by atoms with E-state index in [4.69, 9.17) is 10.1 Å². The number of aryl methyl sites for hydroxylation is 1. The summed E-state index contributed by atoms with van der Waals surface area (Å²) in [5.74, 6) is -0.0823. The van der Waals surface area contributed by atoms with E-state index in [-0.39, 0.29) is 23.4 Å². The highest BCUT2D eigenvalue weighted by molar-refractivity contribution is 5.78. The van der Waals surface area contributed by atoms with Gasteiger partial charge in [-0.25, -0.2) is 9.45 Å². The van der Waals surface area contributed by atoms with Gasteiger partial charge in [0.05, 0.1) is 36.0 Å². The van der Waals surface area contributed by atoms with Crippen LogP contribution in [0.4, 0.5) is 4.39 Å². The van der Waals surface area contributed by atoms with E-state index >= 15 is 0 Å². The molecule has 1 amide bonds. The number of amides is 1. The Bertz CT molecular complexity index is 1230. The lowest BCUT2D eigenvalue weighted by atomic mass is 9.79. The van der Waals surface area contributed by atoms with Crippen molar-refractivity contribution in [3.05, 3.63) is 59.2 Å². The number of halogens is 1. The normalized spacial score (nSPS) is 23.1. The third-order valence-electron chi connectivity index (χ3n) is 6.93. The molecular weight excluding hydrogens is 421 g/mol. The van der Waals surface area contributed by atoms with Crippen LogP contribution in [0.25, 0.3) is 11.0 Å². The molecule has 2 fully saturated rings. The van der Waals surface area contributed by atoms with Crippen molar-refractivity contribution in [2.75, 3.05) is 6.61 Å². The first kappa shape index (κ1) is 21.5. The number of hydrogen-bond acceptors (Lipinski definition) is 5. The Hall–Kier alpha value is -3.31. The van der Waals surface area contributed by atoms with Gasteiger partial charge in [-0.1, -0.05) is 0 Å². The van der Waals surface area contributed by atoms with E-state index in [1.54, 1.807) is 12.3 Å². The number of fused-ring (bicyclic) bond motifs is 1. The number of hydroxylamine groups is 2. The van der Waals surface area contributed by atoms with Crippen LogP contribution in [0, 0.1) is 29.0 Å². The molecular formula is C25H26FN5O2. The maximum Gasteiger partial charge on any atom is 0.249 e. The monoisotopic (exact) mass is 447 g/mol. The van der Waals surface area contributed by atoms with E-state index in [2.05, 4.69) is 16.1 Å². The number of benzene rings is 1. The summed E-state index contributed by atoms with van der Waals surface area (Å²) in [5, 5.41) is 14.8. The lowest BCUT2D eigenvalue weighted by Crippen LogP contribution is -2.36. The van der Waals surface area contributed by atoms with Gasteiger partial charge in [-0.15, -0.1) is 0 Å². The largest absolute Gasteiger partial charge is 0.272 e. The molecule has 0 radical (unpaired) electrons. The lowest BCUT2D eigenvalue weighted by molar-refractivity contribution is -0.183. The molecule has 5 rings (SSSR count). The molecule has 0 bridgehead atoms. The van der Waals surface area contributed by atoms with Crippen LogP contribution in [-0.2, 0) is 23.1 Å². The molecule has 1 saturated carbocycles. The zero-order valence-corrected chi connectivity index (χ0v) is 18.6. The average molecular weight is 448 g/mol. The molecule has 3 heterocycles. The number of nitrogens with zero attached hydrogens (tertiary/aromatic N) is 5. The minimum absolute atomic E-state index is 0.0308. The van der Waals surface area contributed by atoms with Crippen LogP contribution in [0.2, 0.25) is 0 Å². The molecule has 0 N–H and O–H groups in total. The van der Waals surface area contributed by atoms with E-state index in [9.17, 15) is 9.18 Å². The minimum atomic E-state index is -0.470. The van der Waals surface area contributed by atoms with Gasteiger partial charge in [-0.2, -0.15) is 10.4 Å². The summed E-state index contributed by atoms with van der Waals surface area (Å²) in [4.78, 5) is 23.5. The van der Waals surface area contributed by atoms with E-state index in [0.717, 1.165) is 43.1 Å². The molecule has 1 atom stereocenters. The summed E-state index contributed by atoms with van der Waals surface area (Å²) < 4.78 is 15.8. The molecule has 2 aromatic heterocycles. The Balaban J connectivity index is 1.22. The van der Waals surface area contributed by atoms with Gasteiger partial charge >= 0.3 is 0 Å². The van der Waals surface area contributed by atoms with Gasteiger partial charge in [0.15, 0.2) is 0 Å². The summed E-state index contributed by atoms with van der Waals surface area (Å²) >= 11 is 0. The smallest absolute Gasteiger partial charge is 0.249 e. The second-order valence-electron chi connectivity index (χ2n) is 9.12. The molecule has 0 spiro atoms. The summed E-state index contributed by atoms with van der Waals surface area (Å²) in [6.07, 6.45) is 8.80. The quantitative estimate of drug-likeness (QED) is 0.598. The van der Waals surface area contributed by atoms with Crippen molar-refractivity contribution in [1.82, 2.24) is 19.8 Å². The van der Waals surface area contributed by atoms with Crippen LogP contribution < -0.4 is 0 Å². The highest BCUT2D eigenvalue weighted by atomic mass is 19.1. The Morgan fingerprint density at radius 3 is 2.79 bits per heavy atom. The number of rotatable bonds is 4. The third-order valence-corrected chi connectivity index (χ3v) is 6.93. The molecule has 1 aliphatic heterocycles. The van der Waals surface area contributed by atoms with Gasteiger partial charge in [0.25, 0.3) is 0 Å². The molecule has 7 nitrogen and oxygen atoms in total. The van der Waals surface area contributed by atoms with Gasteiger partial charge in [-0.05, 0) is 73.4 Å². The second kappa shape index (κ2) is 8.91. The maximum absolute atomic E-state index is 14.0. The Morgan fingerprint density at radius 1 is 1.18 bits per heavy atom. The summed E-state index contributed by atoms with van der Waals surface area (Å²) in [6.45, 7) is 0.410. The molecule has 8 heteroatoms. The zero-order valence-electron chi connectivity index (χ0n) is 18.6. The van der Waals surface area contributed by atoms with Crippen molar-refractivity contribution in [2.24, 2.45) is 18.9 Å². The van der Waals surface area contributed by atoms with E-state index < -0.39 is 5.82 Å². The van der Waals surface area contributed by atoms with Crippen molar-refractivity contribution in [3.63, 3.8) is 0 Å². The topological polar surface area (TPSA) is 84.0 Å². The Kier molecular flexibility index (Phi) is 5.81. The van der Waals surface area contributed by atoms with Crippen LogP contribution in [0.15, 0.2) is 36.7 Å². The van der Waals surface area contributed by atoms with Gasteiger partial charge in [0, 0.05) is 25.6 Å². The van der Waals surface area contributed by atoms with E-state index in [1.807, 2.05) is 24.0 Å². The fourth-order valence-electron chi connectivity index (χ4n) is 5.16. The van der Waals surface area contributed by atoms with Crippen LogP contribution in [0.5, 0.6) is 0 Å². The molecule has 0 unspecified atom stereocenters. The van der Waals surface area contributed by atoms with Crippen molar-refractivity contribution in [2.45, 2.75) is 44.6 Å². The second-order valence-corrected chi connectivity index (χ2v) is 9.12. The minimum Gasteiger partial charge on any atom is -0.272 e. The number of nitriles is 1. The number of carbonyl (C=O) groups excluding carboxylic acids is 1. The van der Waals surface area contributed by atoms with Crippen molar-refractivity contribution >= 4 is 16.9 Å². The SMILES string of the molecule is Cn1ncc2ncc(C[C@H]3CC[C@H](C(=O)N4OCC[C@H]4c4cc(F)cc(C#N)c4)CC3)cc21. The van der Waals surface area contributed by atoms with E-state index in [0.29, 0.717) is 24.5 Å². The van der Waals surface area contributed by atoms with Gasteiger partial charge in [-0.3, -0.25) is 19.3 Å². The summed E-state index contributed by atoms with van der Waals surface area (Å²) in [5.41, 5.74) is 4.00. The Labute approximate surface area is 191 Å². The first-order chi connectivity index (χ1) is 16.0. The van der Waals surface area contributed by atoms with Crippen LogP contribution >= 0.6 is 0 Å². The van der Waals surface area contributed by atoms with Crippen LogP contribution in [0.3, 0.4) is 0 Å². The first-order valence-electron chi connectivity index (χ1n) is 11.4. The summed E-state index contributed by atoms with van der Waals surface area (Å²) in [7, 11) is 1.92. The average Bonchev–Trinajstić information content (AvgIpc) is 3.46. The number of pyridine rings is 1. The number of aromatic nitrogens is 3. The van der Waals surface area contributed by atoms with Gasteiger partial charge < -0.3 is 0 Å². The molecule has 170 valence electrons. The molecule has 1 aromatic carbocycles. The number of hydrogen-bond donors (Lipinski definition) is 0. The number of carbonyl (C=O) groups is 1.